The van der Waals surface area contributed by atoms with E-state index in [2.05, 4.69) is 48.5 Å². The number of imidazole rings is 1. The molecule has 2 rings (SSSR count). The molecule has 0 aliphatic carbocycles. The number of hydrogen-bond acceptors (Lipinski definition) is 1. The van der Waals surface area contributed by atoms with Gasteiger partial charge in [0.05, 0.1) is 17.4 Å². The van der Waals surface area contributed by atoms with Gasteiger partial charge in [-0.1, -0.05) is 26.8 Å². The Hall–Kier alpha value is -1.31. The van der Waals surface area contributed by atoms with Crippen LogP contribution >= 0.6 is 0 Å². The van der Waals surface area contributed by atoms with Crippen molar-refractivity contribution in [3.8, 4) is 0 Å². The summed E-state index contributed by atoms with van der Waals surface area (Å²) in [5.41, 5.74) is 3.69. The molecular formula is C13H18N2. The summed E-state index contributed by atoms with van der Waals surface area (Å²) in [6.45, 7) is 6.79. The van der Waals surface area contributed by atoms with E-state index in [1.54, 1.807) is 0 Å². The van der Waals surface area contributed by atoms with Gasteiger partial charge < -0.3 is 4.57 Å². The third kappa shape index (κ3) is 1.76. The molecule has 0 aliphatic rings. The monoisotopic (exact) mass is 202 g/mol. The highest BCUT2D eigenvalue weighted by Gasteiger charge is 2.11. The number of rotatable bonds is 2. The second-order valence-corrected chi connectivity index (χ2v) is 4.64. The predicted molar refractivity (Wildman–Crippen MR) is 64.0 cm³/mol. The standard InChI is InChI=1S/C13H18N2/c1-9(2)10(3)11-5-6-13-12(7-11)14-8-15(13)4/h5-10H,1-4H3. The van der Waals surface area contributed by atoms with Crippen LogP contribution in [0.1, 0.15) is 32.3 Å². The zero-order valence-electron chi connectivity index (χ0n) is 9.86. The largest absolute Gasteiger partial charge is 0.334 e. The van der Waals surface area contributed by atoms with Gasteiger partial charge in [0.1, 0.15) is 0 Å². The lowest BCUT2D eigenvalue weighted by molar-refractivity contribution is 0.535. The minimum atomic E-state index is 0.594. The van der Waals surface area contributed by atoms with Crippen LogP contribution in [0.5, 0.6) is 0 Å². The third-order valence-electron chi connectivity index (χ3n) is 3.28. The first-order valence-corrected chi connectivity index (χ1v) is 5.50. The van der Waals surface area contributed by atoms with Gasteiger partial charge in [-0.3, -0.25) is 0 Å². The number of aryl methyl sites for hydroxylation is 1. The molecule has 0 radical (unpaired) electrons. The Morgan fingerprint density at radius 1 is 1.20 bits per heavy atom. The molecule has 0 fully saturated rings. The lowest BCUT2D eigenvalue weighted by Gasteiger charge is -2.15. The quantitative estimate of drug-likeness (QED) is 0.730. The van der Waals surface area contributed by atoms with Crippen LogP contribution in [-0.4, -0.2) is 9.55 Å². The van der Waals surface area contributed by atoms with Gasteiger partial charge >= 0.3 is 0 Å². The van der Waals surface area contributed by atoms with Crippen LogP contribution in [0, 0.1) is 5.92 Å². The van der Waals surface area contributed by atoms with Crippen LogP contribution in [0.3, 0.4) is 0 Å². The van der Waals surface area contributed by atoms with E-state index in [9.17, 15) is 0 Å². The first-order valence-electron chi connectivity index (χ1n) is 5.50. The number of nitrogens with zero attached hydrogens (tertiary/aromatic N) is 2. The Morgan fingerprint density at radius 3 is 2.60 bits per heavy atom. The summed E-state index contributed by atoms with van der Waals surface area (Å²) in [4.78, 5) is 4.38. The fraction of sp³-hybridized carbons (Fsp3) is 0.462. The van der Waals surface area contributed by atoms with E-state index in [0.717, 1.165) is 5.52 Å². The Balaban J connectivity index is 2.47. The van der Waals surface area contributed by atoms with Crippen molar-refractivity contribution in [2.24, 2.45) is 13.0 Å². The van der Waals surface area contributed by atoms with E-state index in [0.29, 0.717) is 11.8 Å². The molecule has 1 aromatic heterocycles. The summed E-state index contributed by atoms with van der Waals surface area (Å²) in [6.07, 6.45) is 1.87. The smallest absolute Gasteiger partial charge is 0.0955 e. The molecule has 0 N–H and O–H groups in total. The molecule has 0 aliphatic heterocycles. The maximum Gasteiger partial charge on any atom is 0.0955 e. The first-order chi connectivity index (χ1) is 7.09. The van der Waals surface area contributed by atoms with Gasteiger partial charge in [-0.15, -0.1) is 0 Å². The maximum absolute atomic E-state index is 4.38. The Kier molecular flexibility index (Phi) is 2.51. The minimum absolute atomic E-state index is 0.594. The summed E-state index contributed by atoms with van der Waals surface area (Å²) < 4.78 is 2.05. The second-order valence-electron chi connectivity index (χ2n) is 4.64. The highest BCUT2D eigenvalue weighted by Crippen LogP contribution is 2.26. The third-order valence-corrected chi connectivity index (χ3v) is 3.28. The normalized spacial score (nSPS) is 13.7. The second kappa shape index (κ2) is 3.69. The van der Waals surface area contributed by atoms with Gasteiger partial charge in [0, 0.05) is 7.05 Å². The van der Waals surface area contributed by atoms with Gasteiger partial charge in [-0.05, 0) is 29.5 Å². The maximum atomic E-state index is 4.38. The average molecular weight is 202 g/mol. The highest BCUT2D eigenvalue weighted by molar-refractivity contribution is 5.76. The molecule has 1 atom stereocenters. The lowest BCUT2D eigenvalue weighted by Crippen LogP contribution is -2.01. The first kappa shape index (κ1) is 10.2. The summed E-state index contributed by atoms with van der Waals surface area (Å²) in [5.74, 6) is 1.27. The fourth-order valence-electron chi connectivity index (χ4n) is 1.82. The molecule has 80 valence electrons. The molecule has 0 saturated carbocycles. The van der Waals surface area contributed by atoms with Gasteiger partial charge in [0.15, 0.2) is 0 Å². The molecule has 1 heterocycles. The zero-order valence-corrected chi connectivity index (χ0v) is 9.86. The molecule has 2 nitrogen and oxygen atoms in total. The van der Waals surface area contributed by atoms with E-state index >= 15 is 0 Å². The van der Waals surface area contributed by atoms with E-state index in [1.807, 2.05) is 13.4 Å². The molecule has 0 saturated heterocycles. The molecule has 1 unspecified atom stereocenters. The topological polar surface area (TPSA) is 17.8 Å². The van der Waals surface area contributed by atoms with Crippen LogP contribution in [0.2, 0.25) is 0 Å². The van der Waals surface area contributed by atoms with Gasteiger partial charge in [0.2, 0.25) is 0 Å². The van der Waals surface area contributed by atoms with E-state index in [-0.39, 0.29) is 0 Å². The molecular weight excluding hydrogens is 184 g/mol. The summed E-state index contributed by atoms with van der Waals surface area (Å²) in [7, 11) is 2.03. The van der Waals surface area contributed by atoms with Crippen molar-refractivity contribution in [2.75, 3.05) is 0 Å². The van der Waals surface area contributed by atoms with Crippen LogP contribution in [0.4, 0.5) is 0 Å². The van der Waals surface area contributed by atoms with E-state index in [1.165, 1.54) is 11.1 Å². The van der Waals surface area contributed by atoms with Crippen LogP contribution in [0.15, 0.2) is 24.5 Å². The van der Waals surface area contributed by atoms with Crippen molar-refractivity contribution in [1.29, 1.82) is 0 Å². The zero-order chi connectivity index (χ0) is 11.0. The number of hydrogen-bond donors (Lipinski definition) is 0. The summed E-state index contributed by atoms with van der Waals surface area (Å²) >= 11 is 0. The number of fused-ring (bicyclic) bond motifs is 1. The molecule has 2 heteroatoms. The SMILES string of the molecule is CC(C)C(C)c1ccc2c(c1)ncn2C. The van der Waals surface area contributed by atoms with Gasteiger partial charge in [0.25, 0.3) is 0 Å². The van der Waals surface area contributed by atoms with Crippen molar-refractivity contribution in [3.05, 3.63) is 30.1 Å². The van der Waals surface area contributed by atoms with Crippen LogP contribution in [0.25, 0.3) is 11.0 Å². The van der Waals surface area contributed by atoms with Crippen molar-refractivity contribution in [1.82, 2.24) is 9.55 Å². The lowest BCUT2D eigenvalue weighted by atomic mass is 9.90. The van der Waals surface area contributed by atoms with Crippen LogP contribution in [-0.2, 0) is 7.05 Å². The number of aromatic nitrogens is 2. The molecule has 1 aromatic carbocycles. The van der Waals surface area contributed by atoms with Gasteiger partial charge in [-0.2, -0.15) is 0 Å². The molecule has 0 amide bonds. The Labute approximate surface area is 90.9 Å². The Morgan fingerprint density at radius 2 is 1.93 bits per heavy atom. The van der Waals surface area contributed by atoms with E-state index < -0.39 is 0 Å². The van der Waals surface area contributed by atoms with Crippen molar-refractivity contribution < 1.29 is 0 Å². The van der Waals surface area contributed by atoms with Crippen LogP contribution < -0.4 is 0 Å². The molecule has 2 aromatic rings. The summed E-state index contributed by atoms with van der Waals surface area (Å²) in [5, 5.41) is 0. The number of benzene rings is 1. The molecule has 0 spiro atoms. The predicted octanol–water partition coefficient (Wildman–Crippen LogP) is 3.33. The summed E-state index contributed by atoms with van der Waals surface area (Å²) in [6, 6.07) is 6.59. The molecule has 15 heavy (non-hydrogen) atoms. The molecule has 0 bridgehead atoms. The van der Waals surface area contributed by atoms with Crippen molar-refractivity contribution >= 4 is 11.0 Å². The average Bonchev–Trinajstić information content (AvgIpc) is 2.59. The highest BCUT2D eigenvalue weighted by atomic mass is 15.0. The van der Waals surface area contributed by atoms with Gasteiger partial charge in [-0.25, -0.2) is 4.98 Å². The van der Waals surface area contributed by atoms with Crippen molar-refractivity contribution in [2.45, 2.75) is 26.7 Å². The minimum Gasteiger partial charge on any atom is -0.334 e. The van der Waals surface area contributed by atoms with Crippen molar-refractivity contribution in [3.63, 3.8) is 0 Å². The Bertz CT molecular complexity index is 468. The van der Waals surface area contributed by atoms with E-state index in [4.69, 9.17) is 0 Å². The fourth-order valence-corrected chi connectivity index (χ4v) is 1.82.